The zero-order chi connectivity index (χ0) is 20.1. The highest BCUT2D eigenvalue weighted by Crippen LogP contribution is 2.34. The minimum absolute atomic E-state index is 0.0198. The van der Waals surface area contributed by atoms with Crippen LogP contribution in [0.15, 0.2) is 48.5 Å². The molecule has 28 heavy (non-hydrogen) atoms. The van der Waals surface area contributed by atoms with Crippen LogP contribution in [0.5, 0.6) is 5.75 Å². The largest absolute Gasteiger partial charge is 0.489 e. The van der Waals surface area contributed by atoms with Gasteiger partial charge < -0.3 is 10.1 Å². The first kappa shape index (κ1) is 19.8. The summed E-state index contributed by atoms with van der Waals surface area (Å²) in [7, 11) is 0. The first-order valence-corrected chi connectivity index (χ1v) is 9.25. The van der Waals surface area contributed by atoms with Crippen LogP contribution < -0.4 is 10.1 Å². The number of ether oxygens (including phenoxy) is 1. The van der Waals surface area contributed by atoms with E-state index in [-0.39, 0.29) is 18.9 Å². The number of nitrogens with one attached hydrogen (secondary N) is 1. The van der Waals surface area contributed by atoms with Crippen molar-refractivity contribution in [3.05, 3.63) is 65.7 Å². The molecule has 0 saturated carbocycles. The fourth-order valence-corrected chi connectivity index (χ4v) is 3.32. The molecule has 0 radical (unpaired) electrons. The Kier molecular flexibility index (Phi) is 5.92. The Labute approximate surface area is 162 Å². The number of halogens is 2. The summed E-state index contributed by atoms with van der Waals surface area (Å²) in [6.07, 6.45) is 1.95. The van der Waals surface area contributed by atoms with Crippen molar-refractivity contribution in [3.63, 3.8) is 0 Å². The molecule has 1 heterocycles. The molecule has 0 unspecified atom stereocenters. The number of carbonyl (C=O) groups is 2. The SMILES string of the molecule is CCCC[C@]1(c2ccc(F)cc2)NC(=O)N(CCOc2ccccc2F)C1=O. The number of hydrogen-bond acceptors (Lipinski definition) is 3. The molecule has 0 spiro atoms. The van der Waals surface area contributed by atoms with E-state index in [1.54, 1.807) is 12.1 Å². The Bertz CT molecular complexity index is 857. The predicted octanol–water partition coefficient (Wildman–Crippen LogP) is 3.98. The standard InChI is InChI=1S/C21H22F2N2O3/c1-2-3-12-21(15-8-10-16(22)11-9-15)19(26)25(20(27)24-21)13-14-28-18-7-5-4-6-17(18)23/h4-11H,2-3,12-14H2,1H3,(H,24,27)/t21-/m1/s1. The third-order valence-corrected chi connectivity index (χ3v) is 4.83. The lowest BCUT2D eigenvalue weighted by atomic mass is 9.85. The summed E-state index contributed by atoms with van der Waals surface area (Å²) >= 11 is 0. The number of amides is 3. The molecule has 5 nitrogen and oxygen atoms in total. The van der Waals surface area contributed by atoms with Crippen molar-refractivity contribution < 1.29 is 23.1 Å². The van der Waals surface area contributed by atoms with E-state index in [0.29, 0.717) is 18.4 Å². The number of unbranched alkanes of at least 4 members (excludes halogenated alkanes) is 1. The van der Waals surface area contributed by atoms with Crippen LogP contribution in [-0.4, -0.2) is 30.0 Å². The van der Waals surface area contributed by atoms with Crippen molar-refractivity contribution in [2.75, 3.05) is 13.2 Å². The number of para-hydroxylation sites is 1. The van der Waals surface area contributed by atoms with E-state index in [1.807, 2.05) is 6.92 Å². The maximum Gasteiger partial charge on any atom is 0.325 e. The van der Waals surface area contributed by atoms with Crippen molar-refractivity contribution >= 4 is 11.9 Å². The average molecular weight is 388 g/mol. The minimum atomic E-state index is -1.22. The van der Waals surface area contributed by atoms with Gasteiger partial charge in [-0.05, 0) is 36.2 Å². The number of rotatable bonds is 8. The molecule has 2 aromatic rings. The van der Waals surface area contributed by atoms with Crippen LogP contribution in [-0.2, 0) is 10.3 Å². The van der Waals surface area contributed by atoms with Gasteiger partial charge in [0.25, 0.3) is 5.91 Å². The van der Waals surface area contributed by atoms with Crippen LogP contribution in [0.25, 0.3) is 0 Å². The van der Waals surface area contributed by atoms with Crippen molar-refractivity contribution in [3.8, 4) is 5.75 Å². The summed E-state index contributed by atoms with van der Waals surface area (Å²) in [5.74, 6) is -1.27. The zero-order valence-corrected chi connectivity index (χ0v) is 15.6. The van der Waals surface area contributed by atoms with Gasteiger partial charge in [-0.15, -0.1) is 0 Å². The fraction of sp³-hybridized carbons (Fsp3) is 0.333. The molecule has 1 atom stereocenters. The van der Waals surface area contributed by atoms with Gasteiger partial charge in [-0.25, -0.2) is 13.6 Å². The van der Waals surface area contributed by atoms with Crippen molar-refractivity contribution in [1.82, 2.24) is 10.2 Å². The molecule has 2 aromatic carbocycles. The molecule has 1 N–H and O–H groups in total. The van der Waals surface area contributed by atoms with E-state index >= 15 is 0 Å². The Morgan fingerprint density at radius 1 is 1.07 bits per heavy atom. The number of imide groups is 1. The van der Waals surface area contributed by atoms with Crippen LogP contribution in [0, 0.1) is 11.6 Å². The Hall–Kier alpha value is -2.96. The molecular formula is C21H22F2N2O3. The second-order valence-electron chi connectivity index (χ2n) is 6.68. The van der Waals surface area contributed by atoms with E-state index in [4.69, 9.17) is 4.74 Å². The third kappa shape index (κ3) is 3.83. The fourth-order valence-electron chi connectivity index (χ4n) is 3.32. The van der Waals surface area contributed by atoms with Crippen LogP contribution in [0.3, 0.4) is 0 Å². The maximum atomic E-state index is 13.6. The summed E-state index contributed by atoms with van der Waals surface area (Å²) in [5, 5.41) is 2.78. The second kappa shape index (κ2) is 8.37. The first-order chi connectivity index (χ1) is 13.5. The second-order valence-corrected chi connectivity index (χ2v) is 6.68. The molecule has 1 saturated heterocycles. The lowest BCUT2D eigenvalue weighted by Gasteiger charge is -2.27. The number of benzene rings is 2. The molecule has 0 bridgehead atoms. The van der Waals surface area contributed by atoms with Crippen molar-refractivity contribution in [2.24, 2.45) is 0 Å². The number of hydrogen-bond donors (Lipinski definition) is 1. The summed E-state index contributed by atoms with van der Waals surface area (Å²) in [6, 6.07) is 11.0. The van der Waals surface area contributed by atoms with Gasteiger partial charge in [-0.1, -0.05) is 44.0 Å². The van der Waals surface area contributed by atoms with Gasteiger partial charge in [0.15, 0.2) is 11.6 Å². The monoisotopic (exact) mass is 388 g/mol. The van der Waals surface area contributed by atoms with Crippen molar-refractivity contribution in [1.29, 1.82) is 0 Å². The maximum absolute atomic E-state index is 13.6. The van der Waals surface area contributed by atoms with Gasteiger partial charge in [-0.3, -0.25) is 9.69 Å². The molecule has 3 amide bonds. The van der Waals surface area contributed by atoms with Crippen LogP contribution in [0.4, 0.5) is 13.6 Å². The number of nitrogens with zero attached hydrogens (tertiary/aromatic N) is 1. The summed E-state index contributed by atoms with van der Waals surface area (Å²) < 4.78 is 32.3. The molecule has 7 heteroatoms. The molecular weight excluding hydrogens is 366 g/mol. The van der Waals surface area contributed by atoms with Crippen molar-refractivity contribution in [2.45, 2.75) is 31.7 Å². The van der Waals surface area contributed by atoms with E-state index in [1.165, 1.54) is 36.4 Å². The topological polar surface area (TPSA) is 58.6 Å². The highest BCUT2D eigenvalue weighted by molar-refractivity contribution is 6.07. The predicted molar refractivity (Wildman–Crippen MR) is 99.7 cm³/mol. The molecule has 0 aromatic heterocycles. The smallest absolute Gasteiger partial charge is 0.325 e. The lowest BCUT2D eigenvalue weighted by Crippen LogP contribution is -2.44. The zero-order valence-electron chi connectivity index (χ0n) is 15.6. The number of carbonyl (C=O) groups excluding carboxylic acids is 2. The normalized spacial score (nSPS) is 19.0. The number of urea groups is 1. The summed E-state index contributed by atoms with van der Waals surface area (Å²) in [4.78, 5) is 26.7. The van der Waals surface area contributed by atoms with Gasteiger partial charge in [0.05, 0.1) is 6.54 Å². The van der Waals surface area contributed by atoms with Gasteiger partial charge in [0, 0.05) is 0 Å². The van der Waals surface area contributed by atoms with Gasteiger partial charge in [0.1, 0.15) is 18.0 Å². The molecule has 0 aliphatic carbocycles. The van der Waals surface area contributed by atoms with E-state index in [9.17, 15) is 18.4 Å². The Morgan fingerprint density at radius 3 is 2.46 bits per heavy atom. The Balaban J connectivity index is 1.77. The molecule has 1 fully saturated rings. The highest BCUT2D eigenvalue weighted by Gasteiger charge is 2.51. The van der Waals surface area contributed by atoms with E-state index < -0.39 is 29.1 Å². The summed E-state index contributed by atoms with van der Waals surface area (Å²) in [5.41, 5.74) is -0.683. The first-order valence-electron chi connectivity index (χ1n) is 9.25. The van der Waals surface area contributed by atoms with Gasteiger partial charge >= 0.3 is 6.03 Å². The third-order valence-electron chi connectivity index (χ3n) is 4.83. The quantitative estimate of drug-likeness (QED) is 0.696. The average Bonchev–Trinajstić information content (AvgIpc) is 2.93. The molecule has 1 aliphatic heterocycles. The highest BCUT2D eigenvalue weighted by atomic mass is 19.1. The van der Waals surface area contributed by atoms with Crippen LogP contribution in [0.1, 0.15) is 31.7 Å². The Morgan fingerprint density at radius 2 is 1.79 bits per heavy atom. The molecule has 1 aliphatic rings. The van der Waals surface area contributed by atoms with Gasteiger partial charge in [0.2, 0.25) is 0 Å². The van der Waals surface area contributed by atoms with Crippen LogP contribution >= 0.6 is 0 Å². The van der Waals surface area contributed by atoms with Gasteiger partial charge in [-0.2, -0.15) is 0 Å². The summed E-state index contributed by atoms with van der Waals surface area (Å²) in [6.45, 7) is 1.93. The minimum Gasteiger partial charge on any atom is -0.489 e. The van der Waals surface area contributed by atoms with E-state index in [2.05, 4.69) is 5.32 Å². The molecule has 3 rings (SSSR count). The molecule has 148 valence electrons. The van der Waals surface area contributed by atoms with Crippen LogP contribution in [0.2, 0.25) is 0 Å². The lowest BCUT2D eigenvalue weighted by molar-refractivity contribution is -0.132. The van der Waals surface area contributed by atoms with E-state index in [0.717, 1.165) is 11.3 Å².